The minimum absolute atomic E-state index is 0.00509. The van der Waals surface area contributed by atoms with Gasteiger partial charge in [0.1, 0.15) is 0 Å². The Bertz CT molecular complexity index is 270. The largest absolute Gasteiger partial charge is 0.353 e. The Labute approximate surface area is 110 Å². The lowest BCUT2D eigenvalue weighted by Gasteiger charge is -2.27. The highest BCUT2D eigenvalue weighted by Crippen LogP contribution is 2.31. The van der Waals surface area contributed by atoms with Crippen LogP contribution in [0.5, 0.6) is 0 Å². The highest BCUT2D eigenvalue weighted by Gasteiger charge is 2.29. The average Bonchev–Trinajstić information content (AvgIpc) is 3.19. The molecule has 104 valence electrons. The number of hydrogen-bond donors (Lipinski definition) is 2. The van der Waals surface area contributed by atoms with E-state index in [1.807, 2.05) is 6.92 Å². The second-order valence-electron chi connectivity index (χ2n) is 5.87. The lowest BCUT2D eigenvalue weighted by atomic mass is 10.2. The van der Waals surface area contributed by atoms with Gasteiger partial charge in [-0.25, -0.2) is 0 Å². The molecule has 1 saturated carbocycles. The van der Waals surface area contributed by atoms with E-state index in [1.54, 1.807) is 0 Å². The molecule has 2 unspecified atom stereocenters. The number of amides is 1. The van der Waals surface area contributed by atoms with Gasteiger partial charge in [-0.2, -0.15) is 0 Å². The summed E-state index contributed by atoms with van der Waals surface area (Å²) in [6, 6.07) is 0.153. The van der Waals surface area contributed by atoms with Crippen molar-refractivity contribution in [1.29, 1.82) is 0 Å². The molecule has 2 atom stereocenters. The summed E-state index contributed by atoms with van der Waals surface area (Å²) in [5.41, 5.74) is 6.00. The first-order valence-corrected chi connectivity index (χ1v) is 7.46. The van der Waals surface area contributed by atoms with Crippen LogP contribution in [0.4, 0.5) is 0 Å². The fraction of sp³-hybridized carbons (Fsp3) is 0.929. The molecule has 2 rings (SSSR count). The van der Waals surface area contributed by atoms with Gasteiger partial charge in [0.05, 0.1) is 6.04 Å². The smallest absolute Gasteiger partial charge is 0.237 e. The molecule has 2 aliphatic rings. The summed E-state index contributed by atoms with van der Waals surface area (Å²) in [6.07, 6.45) is 7.52. The molecule has 18 heavy (non-hydrogen) atoms. The number of carbonyl (C=O) groups excluding carboxylic acids is 1. The first-order chi connectivity index (χ1) is 8.68. The molecule has 4 nitrogen and oxygen atoms in total. The third-order valence-corrected chi connectivity index (χ3v) is 4.31. The van der Waals surface area contributed by atoms with Crippen molar-refractivity contribution in [2.45, 2.75) is 57.5 Å². The summed E-state index contributed by atoms with van der Waals surface area (Å²) >= 11 is 0. The number of nitrogens with two attached hydrogens (primary N) is 1. The summed E-state index contributed by atoms with van der Waals surface area (Å²) in [4.78, 5) is 14.4. The van der Waals surface area contributed by atoms with Crippen LogP contribution in [0, 0.1) is 5.92 Å². The summed E-state index contributed by atoms with van der Waals surface area (Å²) in [5.74, 6) is 0.798. The summed E-state index contributed by atoms with van der Waals surface area (Å²) in [5, 5.41) is 3.02. The highest BCUT2D eigenvalue weighted by atomic mass is 16.2. The maximum absolute atomic E-state index is 12.1. The third kappa shape index (κ3) is 3.95. The van der Waals surface area contributed by atoms with E-state index in [2.05, 4.69) is 10.2 Å². The second kappa shape index (κ2) is 6.53. The zero-order valence-electron chi connectivity index (χ0n) is 11.5. The third-order valence-electron chi connectivity index (χ3n) is 4.31. The zero-order chi connectivity index (χ0) is 13.0. The monoisotopic (exact) mass is 253 g/mol. The molecule has 0 spiro atoms. The number of rotatable bonds is 5. The Kier molecular flexibility index (Phi) is 5.01. The minimum Gasteiger partial charge on any atom is -0.353 e. The predicted molar refractivity (Wildman–Crippen MR) is 73.2 cm³/mol. The predicted octanol–water partition coefficient (Wildman–Crippen LogP) is 1.10. The average molecular weight is 253 g/mol. The number of nitrogens with one attached hydrogen (secondary N) is 1. The van der Waals surface area contributed by atoms with E-state index in [0.717, 1.165) is 13.1 Å². The van der Waals surface area contributed by atoms with Crippen LogP contribution >= 0.6 is 0 Å². The quantitative estimate of drug-likeness (QED) is 0.771. The van der Waals surface area contributed by atoms with Crippen molar-refractivity contribution in [2.24, 2.45) is 11.7 Å². The normalized spacial score (nSPS) is 25.2. The van der Waals surface area contributed by atoms with Gasteiger partial charge >= 0.3 is 0 Å². The Morgan fingerprint density at radius 2 is 1.89 bits per heavy atom. The molecular weight excluding hydrogens is 226 g/mol. The van der Waals surface area contributed by atoms with Gasteiger partial charge in [-0.1, -0.05) is 12.8 Å². The fourth-order valence-corrected chi connectivity index (χ4v) is 2.71. The van der Waals surface area contributed by atoms with Gasteiger partial charge < -0.3 is 11.1 Å². The molecule has 0 bridgehead atoms. The molecular formula is C14H27N3O. The van der Waals surface area contributed by atoms with Crippen LogP contribution in [-0.2, 0) is 4.79 Å². The van der Waals surface area contributed by atoms with E-state index in [0.29, 0.717) is 12.5 Å². The molecule has 1 aliphatic carbocycles. The zero-order valence-corrected chi connectivity index (χ0v) is 11.5. The maximum Gasteiger partial charge on any atom is 0.237 e. The van der Waals surface area contributed by atoms with E-state index in [-0.39, 0.29) is 18.0 Å². The van der Waals surface area contributed by atoms with Crippen LogP contribution in [0.1, 0.15) is 45.4 Å². The highest BCUT2D eigenvalue weighted by molar-refractivity contribution is 5.81. The summed E-state index contributed by atoms with van der Waals surface area (Å²) < 4.78 is 0. The van der Waals surface area contributed by atoms with Crippen molar-refractivity contribution in [3.63, 3.8) is 0 Å². The maximum atomic E-state index is 12.1. The van der Waals surface area contributed by atoms with E-state index in [9.17, 15) is 4.79 Å². The molecule has 0 aromatic rings. The molecule has 0 aromatic carbocycles. The van der Waals surface area contributed by atoms with Gasteiger partial charge in [0.15, 0.2) is 0 Å². The molecule has 1 saturated heterocycles. The molecule has 4 heteroatoms. The van der Waals surface area contributed by atoms with Crippen molar-refractivity contribution < 1.29 is 4.79 Å². The molecule has 2 fully saturated rings. The molecule has 1 aliphatic heterocycles. The summed E-state index contributed by atoms with van der Waals surface area (Å²) in [7, 11) is 0. The lowest BCUT2D eigenvalue weighted by Crippen LogP contribution is -2.48. The number of nitrogens with zero attached hydrogens (tertiary/aromatic N) is 1. The topological polar surface area (TPSA) is 58.4 Å². The van der Waals surface area contributed by atoms with E-state index >= 15 is 0 Å². The van der Waals surface area contributed by atoms with Crippen molar-refractivity contribution in [2.75, 3.05) is 19.6 Å². The SMILES string of the molecule is CC(C(=O)NCC(N)C1CC1)N1CCCCCC1. The van der Waals surface area contributed by atoms with E-state index in [4.69, 9.17) is 5.73 Å². The Morgan fingerprint density at radius 3 is 2.44 bits per heavy atom. The van der Waals surface area contributed by atoms with Gasteiger partial charge in [-0.3, -0.25) is 9.69 Å². The van der Waals surface area contributed by atoms with Gasteiger partial charge in [0.25, 0.3) is 0 Å². The first kappa shape index (κ1) is 13.8. The Balaban J connectivity index is 1.72. The van der Waals surface area contributed by atoms with Crippen molar-refractivity contribution in [1.82, 2.24) is 10.2 Å². The Morgan fingerprint density at radius 1 is 1.28 bits per heavy atom. The van der Waals surface area contributed by atoms with Crippen LogP contribution in [0.2, 0.25) is 0 Å². The summed E-state index contributed by atoms with van der Waals surface area (Å²) in [6.45, 7) is 4.78. The second-order valence-corrected chi connectivity index (χ2v) is 5.87. The molecule has 0 radical (unpaired) electrons. The standard InChI is InChI=1S/C14H27N3O/c1-11(17-8-4-2-3-5-9-17)14(18)16-10-13(15)12-6-7-12/h11-13H,2-10,15H2,1H3,(H,16,18). The van der Waals surface area contributed by atoms with Crippen molar-refractivity contribution in [3.05, 3.63) is 0 Å². The molecule has 1 amide bonds. The van der Waals surface area contributed by atoms with Crippen LogP contribution in [0.25, 0.3) is 0 Å². The van der Waals surface area contributed by atoms with E-state index < -0.39 is 0 Å². The minimum atomic E-state index is -0.00509. The van der Waals surface area contributed by atoms with Gasteiger partial charge in [0.2, 0.25) is 5.91 Å². The van der Waals surface area contributed by atoms with Crippen molar-refractivity contribution >= 4 is 5.91 Å². The first-order valence-electron chi connectivity index (χ1n) is 7.46. The number of carbonyl (C=O) groups is 1. The molecule has 3 N–H and O–H groups in total. The van der Waals surface area contributed by atoms with Crippen molar-refractivity contribution in [3.8, 4) is 0 Å². The van der Waals surface area contributed by atoms with Gasteiger partial charge in [-0.05, 0) is 51.6 Å². The number of hydrogen-bond acceptors (Lipinski definition) is 3. The van der Waals surface area contributed by atoms with E-state index in [1.165, 1.54) is 38.5 Å². The molecule has 0 aromatic heterocycles. The van der Waals surface area contributed by atoms with Crippen LogP contribution in [0.3, 0.4) is 0 Å². The molecule has 1 heterocycles. The Hall–Kier alpha value is -0.610. The lowest BCUT2D eigenvalue weighted by molar-refractivity contribution is -0.125. The van der Waals surface area contributed by atoms with Crippen LogP contribution < -0.4 is 11.1 Å². The van der Waals surface area contributed by atoms with Gasteiger partial charge in [-0.15, -0.1) is 0 Å². The van der Waals surface area contributed by atoms with Gasteiger partial charge in [0, 0.05) is 12.6 Å². The number of likely N-dealkylation sites (tertiary alicyclic amines) is 1. The fourth-order valence-electron chi connectivity index (χ4n) is 2.71. The van der Waals surface area contributed by atoms with Crippen LogP contribution in [0.15, 0.2) is 0 Å². The van der Waals surface area contributed by atoms with Crippen LogP contribution in [-0.4, -0.2) is 42.5 Å².